The molecule has 2 aromatic rings. The third-order valence-corrected chi connectivity index (χ3v) is 8.03. The molecule has 0 unspecified atom stereocenters. The SMILES string of the molecule is C[N+]1=C(/C=C/C=C/C=C2/N(CCCS(=O)(=O)[O-])c3ccccc3C2(C)C)C(C)(C)c2ccccc21. The van der Waals surface area contributed by atoms with E-state index in [0.717, 1.165) is 11.4 Å². The second-order valence-electron chi connectivity index (χ2n) is 10.3. The molecule has 0 saturated heterocycles. The number of anilines is 1. The van der Waals surface area contributed by atoms with E-state index in [0.29, 0.717) is 6.54 Å². The minimum Gasteiger partial charge on any atom is -0.748 e. The summed E-state index contributed by atoms with van der Waals surface area (Å²) in [6, 6.07) is 16.7. The fourth-order valence-electron chi connectivity index (χ4n) is 5.44. The number of para-hydroxylation sites is 2. The van der Waals surface area contributed by atoms with Gasteiger partial charge in [-0.2, -0.15) is 4.58 Å². The van der Waals surface area contributed by atoms with Gasteiger partial charge in [-0.05, 0) is 38.0 Å². The molecule has 4 rings (SSSR count). The molecule has 0 saturated carbocycles. The third-order valence-electron chi connectivity index (χ3n) is 7.25. The standard InChI is InChI=1S/C29H34N2O3S/c1-28(2)22-14-9-11-16-24(22)30(5)26(28)18-7-6-8-19-27-29(3,4)23-15-10-12-17-25(23)31(27)20-13-21-35(32,33)34/h6-12,14-19H,13,20-21H2,1-5H3. The summed E-state index contributed by atoms with van der Waals surface area (Å²) >= 11 is 0. The number of rotatable bonds is 7. The third kappa shape index (κ3) is 4.78. The van der Waals surface area contributed by atoms with Crippen LogP contribution in [0.15, 0.2) is 84.6 Å². The van der Waals surface area contributed by atoms with Gasteiger partial charge >= 0.3 is 0 Å². The first-order valence-electron chi connectivity index (χ1n) is 12.0. The van der Waals surface area contributed by atoms with Gasteiger partial charge in [0.25, 0.3) is 0 Å². The molecule has 2 aliphatic heterocycles. The minimum absolute atomic E-state index is 0.0675. The highest BCUT2D eigenvalue weighted by Gasteiger charge is 2.42. The molecular formula is C29H34N2O3S. The first-order chi connectivity index (χ1) is 16.4. The lowest BCUT2D eigenvalue weighted by molar-refractivity contribution is -0.401. The van der Waals surface area contributed by atoms with E-state index in [1.165, 1.54) is 22.5 Å². The summed E-state index contributed by atoms with van der Waals surface area (Å²) in [5.41, 5.74) is 6.86. The number of allylic oxidation sites excluding steroid dienone is 6. The Kier molecular flexibility index (Phi) is 6.64. The Balaban J connectivity index is 1.57. The molecule has 2 aromatic carbocycles. The zero-order valence-corrected chi connectivity index (χ0v) is 22.0. The summed E-state index contributed by atoms with van der Waals surface area (Å²) in [7, 11) is -2.12. The second kappa shape index (κ2) is 9.25. The maximum Gasteiger partial charge on any atom is 0.209 e. The number of benzene rings is 2. The molecule has 0 aliphatic carbocycles. The predicted octanol–water partition coefficient (Wildman–Crippen LogP) is 5.42. The molecule has 0 spiro atoms. The Morgan fingerprint density at radius 2 is 1.57 bits per heavy atom. The summed E-state index contributed by atoms with van der Waals surface area (Å²) in [6.45, 7) is 9.33. The van der Waals surface area contributed by atoms with Gasteiger partial charge < -0.3 is 9.45 Å². The highest BCUT2D eigenvalue weighted by atomic mass is 32.2. The Labute approximate surface area is 209 Å². The lowest BCUT2D eigenvalue weighted by Gasteiger charge is -2.27. The van der Waals surface area contributed by atoms with Crippen LogP contribution in [0.4, 0.5) is 11.4 Å². The Morgan fingerprint density at radius 3 is 2.26 bits per heavy atom. The van der Waals surface area contributed by atoms with Crippen molar-refractivity contribution in [3.8, 4) is 0 Å². The van der Waals surface area contributed by atoms with Gasteiger partial charge in [0.15, 0.2) is 5.71 Å². The highest BCUT2D eigenvalue weighted by Crippen LogP contribution is 2.47. The van der Waals surface area contributed by atoms with E-state index < -0.39 is 10.1 Å². The van der Waals surface area contributed by atoms with Crippen LogP contribution in [0.5, 0.6) is 0 Å². The largest absolute Gasteiger partial charge is 0.748 e. The summed E-state index contributed by atoms with van der Waals surface area (Å²) in [5, 5.41) is 0. The van der Waals surface area contributed by atoms with Crippen LogP contribution < -0.4 is 4.90 Å². The molecule has 2 heterocycles. The number of hydrogen-bond donors (Lipinski definition) is 0. The molecule has 0 fully saturated rings. The maximum atomic E-state index is 11.1. The number of hydrogen-bond acceptors (Lipinski definition) is 4. The van der Waals surface area contributed by atoms with Gasteiger partial charge in [0.1, 0.15) is 7.05 Å². The molecule has 35 heavy (non-hydrogen) atoms. The monoisotopic (exact) mass is 490 g/mol. The van der Waals surface area contributed by atoms with E-state index in [9.17, 15) is 13.0 Å². The zero-order chi connectivity index (χ0) is 25.4. The van der Waals surface area contributed by atoms with Gasteiger partial charge in [0.2, 0.25) is 5.69 Å². The van der Waals surface area contributed by atoms with Crippen molar-refractivity contribution in [1.82, 2.24) is 0 Å². The molecule has 2 aliphatic rings. The summed E-state index contributed by atoms with van der Waals surface area (Å²) in [5.74, 6) is -0.359. The minimum atomic E-state index is -4.23. The van der Waals surface area contributed by atoms with E-state index in [2.05, 4.69) is 98.8 Å². The molecular weight excluding hydrogens is 456 g/mol. The average molecular weight is 491 g/mol. The highest BCUT2D eigenvalue weighted by molar-refractivity contribution is 7.85. The van der Waals surface area contributed by atoms with Crippen molar-refractivity contribution in [2.45, 2.75) is 44.9 Å². The smallest absolute Gasteiger partial charge is 0.209 e. The van der Waals surface area contributed by atoms with Crippen LogP contribution in [-0.4, -0.2) is 42.6 Å². The summed E-state index contributed by atoms with van der Waals surface area (Å²) < 4.78 is 35.7. The molecule has 0 aromatic heterocycles. The van der Waals surface area contributed by atoms with Crippen LogP contribution in [0, 0.1) is 0 Å². The van der Waals surface area contributed by atoms with Gasteiger partial charge in [-0.15, -0.1) is 0 Å². The zero-order valence-electron chi connectivity index (χ0n) is 21.2. The maximum absolute atomic E-state index is 11.1. The normalized spacial score (nSPS) is 19.8. The lowest BCUT2D eigenvalue weighted by atomic mass is 9.81. The fourth-order valence-corrected chi connectivity index (χ4v) is 5.92. The molecule has 184 valence electrons. The molecule has 0 atom stereocenters. The first-order valence-corrected chi connectivity index (χ1v) is 13.6. The topological polar surface area (TPSA) is 63.5 Å². The van der Waals surface area contributed by atoms with E-state index in [1.807, 2.05) is 24.3 Å². The number of fused-ring (bicyclic) bond motifs is 2. The molecule has 6 heteroatoms. The van der Waals surface area contributed by atoms with E-state index in [4.69, 9.17) is 0 Å². The second-order valence-corrected chi connectivity index (χ2v) is 11.8. The molecule has 0 bridgehead atoms. The van der Waals surface area contributed by atoms with Crippen molar-refractivity contribution in [1.29, 1.82) is 0 Å². The van der Waals surface area contributed by atoms with Crippen molar-refractivity contribution in [2.24, 2.45) is 0 Å². The Hall–Kier alpha value is -2.96. The number of nitrogens with zero attached hydrogens (tertiary/aromatic N) is 2. The quantitative estimate of drug-likeness (QED) is 0.295. The van der Waals surface area contributed by atoms with Crippen LogP contribution in [0.2, 0.25) is 0 Å². The van der Waals surface area contributed by atoms with Gasteiger partial charge in [-0.3, -0.25) is 0 Å². The van der Waals surface area contributed by atoms with Crippen molar-refractivity contribution in [2.75, 3.05) is 24.2 Å². The molecule has 0 N–H and O–H groups in total. The first kappa shape index (κ1) is 25.1. The van der Waals surface area contributed by atoms with Gasteiger partial charge in [0.05, 0.1) is 15.5 Å². The van der Waals surface area contributed by atoms with E-state index >= 15 is 0 Å². The molecule has 5 nitrogen and oxygen atoms in total. The molecule has 0 radical (unpaired) electrons. The van der Waals surface area contributed by atoms with Crippen LogP contribution in [-0.2, 0) is 20.9 Å². The van der Waals surface area contributed by atoms with Crippen LogP contribution in [0.3, 0.4) is 0 Å². The summed E-state index contributed by atoms with van der Waals surface area (Å²) in [6.07, 6.45) is 10.7. The van der Waals surface area contributed by atoms with E-state index in [1.54, 1.807) is 0 Å². The van der Waals surface area contributed by atoms with Gasteiger partial charge in [-0.1, -0.05) is 68.5 Å². The van der Waals surface area contributed by atoms with Crippen molar-refractivity contribution in [3.63, 3.8) is 0 Å². The van der Waals surface area contributed by atoms with Crippen LogP contribution >= 0.6 is 0 Å². The van der Waals surface area contributed by atoms with Crippen molar-refractivity contribution >= 4 is 27.2 Å². The summed E-state index contributed by atoms with van der Waals surface area (Å²) in [4.78, 5) is 2.15. The van der Waals surface area contributed by atoms with Gasteiger partial charge in [-0.25, -0.2) is 8.42 Å². The van der Waals surface area contributed by atoms with Crippen LogP contribution in [0.25, 0.3) is 0 Å². The van der Waals surface area contributed by atoms with Crippen LogP contribution in [0.1, 0.15) is 45.2 Å². The average Bonchev–Trinajstić information content (AvgIpc) is 3.12. The van der Waals surface area contributed by atoms with E-state index in [-0.39, 0.29) is 23.0 Å². The van der Waals surface area contributed by atoms with Gasteiger partial charge in [0, 0.05) is 46.8 Å². The lowest BCUT2D eigenvalue weighted by Crippen LogP contribution is -2.28. The predicted molar refractivity (Wildman–Crippen MR) is 143 cm³/mol. The fraction of sp³-hybridized carbons (Fsp3) is 0.345. The van der Waals surface area contributed by atoms with Crippen molar-refractivity contribution in [3.05, 3.63) is 95.7 Å². The Morgan fingerprint density at radius 1 is 0.914 bits per heavy atom. The molecule has 0 amide bonds. The Bertz CT molecular complexity index is 1360. The van der Waals surface area contributed by atoms with Crippen molar-refractivity contribution < 1.29 is 17.5 Å².